The molecule has 136 valence electrons. The minimum atomic E-state index is -0.952. The molecule has 0 saturated heterocycles. The second-order valence-electron chi connectivity index (χ2n) is 6.64. The van der Waals surface area contributed by atoms with Crippen LogP contribution in [0.1, 0.15) is 103 Å². The van der Waals surface area contributed by atoms with Crippen LogP contribution in [0.3, 0.4) is 0 Å². The fourth-order valence-electron chi connectivity index (χ4n) is 2.73. The Kier molecular flexibility index (Phi) is 16.9. The molecule has 0 aliphatic carbocycles. The van der Waals surface area contributed by atoms with Crippen LogP contribution in [0.15, 0.2) is 12.2 Å². The second kappa shape index (κ2) is 17.5. The number of carbonyl (C=O) groups excluding carboxylic acids is 1. The Bertz CT molecular complexity index is 289. The number of amides is 1. The molecule has 0 fully saturated rings. The molecule has 0 rings (SSSR count). The third-order valence-corrected chi connectivity index (χ3v) is 4.32. The predicted molar refractivity (Wildman–Crippen MR) is 99.3 cm³/mol. The summed E-state index contributed by atoms with van der Waals surface area (Å²) in [5.74, 6) is -0.599. The van der Waals surface area contributed by atoms with Gasteiger partial charge in [-0.15, -0.1) is 0 Å². The highest BCUT2D eigenvalue weighted by atomic mass is 16.3. The number of nitrogens with two attached hydrogens (primary N) is 1. The van der Waals surface area contributed by atoms with Gasteiger partial charge in [0.25, 0.3) is 0 Å². The molecule has 0 heterocycles. The van der Waals surface area contributed by atoms with Gasteiger partial charge in [-0.25, -0.2) is 0 Å². The van der Waals surface area contributed by atoms with Crippen LogP contribution in [0.5, 0.6) is 0 Å². The van der Waals surface area contributed by atoms with Crippen LogP contribution in [0, 0.1) is 0 Å². The van der Waals surface area contributed by atoms with Crippen LogP contribution in [0.25, 0.3) is 0 Å². The van der Waals surface area contributed by atoms with Gasteiger partial charge in [-0.2, -0.15) is 0 Å². The van der Waals surface area contributed by atoms with E-state index in [0.29, 0.717) is 6.42 Å². The first kappa shape index (κ1) is 22.2. The Morgan fingerprint density at radius 2 is 1.26 bits per heavy atom. The van der Waals surface area contributed by atoms with E-state index in [9.17, 15) is 9.90 Å². The quantitative estimate of drug-likeness (QED) is 0.283. The van der Waals surface area contributed by atoms with Gasteiger partial charge in [0.2, 0.25) is 5.91 Å². The van der Waals surface area contributed by atoms with Crippen LogP contribution < -0.4 is 5.73 Å². The molecule has 0 radical (unpaired) electrons. The van der Waals surface area contributed by atoms with E-state index >= 15 is 0 Å². The molecule has 0 aromatic rings. The third-order valence-electron chi connectivity index (χ3n) is 4.32. The average molecular weight is 326 g/mol. The van der Waals surface area contributed by atoms with Crippen molar-refractivity contribution in [1.82, 2.24) is 0 Å². The van der Waals surface area contributed by atoms with Crippen molar-refractivity contribution in [2.24, 2.45) is 5.73 Å². The molecule has 0 saturated carbocycles. The summed E-state index contributed by atoms with van der Waals surface area (Å²) in [5, 5.41) is 9.26. The van der Waals surface area contributed by atoms with Gasteiger partial charge in [-0.05, 0) is 32.1 Å². The van der Waals surface area contributed by atoms with Gasteiger partial charge in [0.1, 0.15) is 6.10 Å². The molecule has 0 aromatic carbocycles. The van der Waals surface area contributed by atoms with Crippen molar-refractivity contribution in [3.8, 4) is 0 Å². The zero-order chi connectivity index (χ0) is 17.2. The van der Waals surface area contributed by atoms with E-state index in [0.717, 1.165) is 12.8 Å². The first-order valence-electron chi connectivity index (χ1n) is 9.80. The topological polar surface area (TPSA) is 63.3 Å². The van der Waals surface area contributed by atoms with Gasteiger partial charge in [0.05, 0.1) is 0 Å². The summed E-state index contributed by atoms with van der Waals surface area (Å²) in [7, 11) is 0. The highest BCUT2D eigenvalue weighted by Gasteiger charge is 2.08. The van der Waals surface area contributed by atoms with Crippen molar-refractivity contribution >= 4 is 5.91 Å². The number of unbranched alkanes of at least 4 members (excludes halogenated alkanes) is 12. The molecule has 23 heavy (non-hydrogen) atoms. The van der Waals surface area contributed by atoms with E-state index < -0.39 is 12.0 Å². The smallest absolute Gasteiger partial charge is 0.246 e. The van der Waals surface area contributed by atoms with E-state index in [4.69, 9.17) is 5.73 Å². The van der Waals surface area contributed by atoms with E-state index in [2.05, 4.69) is 19.1 Å². The van der Waals surface area contributed by atoms with E-state index in [-0.39, 0.29) is 0 Å². The standard InChI is InChI=1S/C20H39NO2/c1-2-3-4-5-6-7-8-9-10-11-12-13-14-15-16-17-18-19(22)20(21)23/h9-10,19,22H,2-8,11-18H2,1H3,(H2,21,23)/b10-9-. The summed E-state index contributed by atoms with van der Waals surface area (Å²) in [6.07, 6.45) is 21.9. The summed E-state index contributed by atoms with van der Waals surface area (Å²) in [6, 6.07) is 0. The van der Waals surface area contributed by atoms with Crippen molar-refractivity contribution in [2.75, 3.05) is 0 Å². The summed E-state index contributed by atoms with van der Waals surface area (Å²) in [6.45, 7) is 2.26. The minimum Gasteiger partial charge on any atom is -0.383 e. The Balaban J connectivity index is 3.15. The lowest BCUT2D eigenvalue weighted by Crippen LogP contribution is -2.27. The van der Waals surface area contributed by atoms with Crippen LogP contribution >= 0.6 is 0 Å². The first-order chi connectivity index (χ1) is 11.2. The number of aliphatic hydroxyl groups is 1. The summed E-state index contributed by atoms with van der Waals surface area (Å²) in [5.41, 5.74) is 5.01. The summed E-state index contributed by atoms with van der Waals surface area (Å²) >= 11 is 0. The molecule has 0 aliphatic heterocycles. The fraction of sp³-hybridized carbons (Fsp3) is 0.850. The number of aliphatic hydroxyl groups excluding tert-OH is 1. The van der Waals surface area contributed by atoms with Crippen molar-refractivity contribution in [2.45, 2.75) is 109 Å². The first-order valence-corrected chi connectivity index (χ1v) is 9.80. The molecular weight excluding hydrogens is 286 g/mol. The van der Waals surface area contributed by atoms with Crippen LogP contribution in [-0.2, 0) is 4.79 Å². The molecule has 3 heteroatoms. The van der Waals surface area contributed by atoms with Gasteiger partial charge in [0.15, 0.2) is 0 Å². The summed E-state index contributed by atoms with van der Waals surface area (Å²) in [4.78, 5) is 10.7. The summed E-state index contributed by atoms with van der Waals surface area (Å²) < 4.78 is 0. The molecular formula is C20H39NO2. The fourth-order valence-corrected chi connectivity index (χ4v) is 2.73. The Morgan fingerprint density at radius 3 is 1.74 bits per heavy atom. The van der Waals surface area contributed by atoms with Crippen LogP contribution in [-0.4, -0.2) is 17.1 Å². The zero-order valence-corrected chi connectivity index (χ0v) is 15.3. The van der Waals surface area contributed by atoms with Crippen molar-refractivity contribution < 1.29 is 9.90 Å². The number of allylic oxidation sites excluding steroid dienone is 2. The SMILES string of the molecule is CCCCCCCC/C=C\CCCCCCCCC(O)C(N)=O. The molecule has 0 aromatic heterocycles. The van der Waals surface area contributed by atoms with Gasteiger partial charge in [0, 0.05) is 0 Å². The Labute approximate surface area is 143 Å². The number of rotatable bonds is 17. The van der Waals surface area contributed by atoms with Gasteiger partial charge >= 0.3 is 0 Å². The lowest BCUT2D eigenvalue weighted by molar-refractivity contribution is -0.126. The lowest BCUT2D eigenvalue weighted by atomic mass is 10.1. The third kappa shape index (κ3) is 17.4. The van der Waals surface area contributed by atoms with E-state index in [1.165, 1.54) is 77.0 Å². The number of hydrogen-bond donors (Lipinski definition) is 2. The molecule has 1 atom stereocenters. The maximum atomic E-state index is 10.7. The predicted octanol–water partition coefficient (Wildman–Crippen LogP) is 5.26. The molecule has 0 bridgehead atoms. The minimum absolute atomic E-state index is 0.510. The van der Waals surface area contributed by atoms with Crippen molar-refractivity contribution in [3.63, 3.8) is 0 Å². The molecule has 0 spiro atoms. The second-order valence-corrected chi connectivity index (χ2v) is 6.64. The highest BCUT2D eigenvalue weighted by molar-refractivity contribution is 5.78. The van der Waals surface area contributed by atoms with Crippen LogP contribution in [0.2, 0.25) is 0 Å². The normalized spacial score (nSPS) is 12.8. The van der Waals surface area contributed by atoms with Crippen LogP contribution in [0.4, 0.5) is 0 Å². The Morgan fingerprint density at radius 1 is 0.826 bits per heavy atom. The van der Waals surface area contributed by atoms with E-state index in [1.54, 1.807) is 0 Å². The average Bonchev–Trinajstić information content (AvgIpc) is 2.54. The molecule has 1 unspecified atom stereocenters. The number of primary amides is 1. The van der Waals surface area contributed by atoms with Gasteiger partial charge in [-0.3, -0.25) is 4.79 Å². The largest absolute Gasteiger partial charge is 0.383 e. The highest BCUT2D eigenvalue weighted by Crippen LogP contribution is 2.11. The molecule has 3 nitrogen and oxygen atoms in total. The van der Waals surface area contributed by atoms with Crippen molar-refractivity contribution in [3.05, 3.63) is 12.2 Å². The number of carbonyl (C=O) groups is 1. The number of hydrogen-bond acceptors (Lipinski definition) is 2. The van der Waals surface area contributed by atoms with Crippen molar-refractivity contribution in [1.29, 1.82) is 0 Å². The monoisotopic (exact) mass is 325 g/mol. The Hall–Kier alpha value is -0.830. The lowest BCUT2D eigenvalue weighted by Gasteiger charge is -2.05. The molecule has 3 N–H and O–H groups in total. The maximum absolute atomic E-state index is 10.7. The van der Waals surface area contributed by atoms with E-state index in [1.807, 2.05) is 0 Å². The molecule has 0 aliphatic rings. The van der Waals surface area contributed by atoms with Gasteiger partial charge in [-0.1, -0.05) is 83.3 Å². The molecule has 1 amide bonds. The maximum Gasteiger partial charge on any atom is 0.246 e. The zero-order valence-electron chi connectivity index (χ0n) is 15.3. The van der Waals surface area contributed by atoms with Gasteiger partial charge < -0.3 is 10.8 Å².